The number of benzene rings is 18. The summed E-state index contributed by atoms with van der Waals surface area (Å²) in [7, 11) is 0.0205. The molecule has 5 N–H and O–H groups in total. The van der Waals surface area contributed by atoms with Crippen molar-refractivity contribution in [2.24, 2.45) is 0 Å². The molecule has 20 rings (SSSR count). The molecule has 0 bridgehead atoms. The van der Waals surface area contributed by atoms with Crippen molar-refractivity contribution >= 4 is 157 Å². The van der Waals surface area contributed by atoms with Crippen molar-refractivity contribution in [3.63, 3.8) is 0 Å². The molecule has 2 aliphatic carbocycles. The summed E-state index contributed by atoms with van der Waals surface area (Å²) in [5.41, 5.74) is 21.0. The molecule has 0 atom stereocenters. The molecule has 0 amide bonds. The third kappa shape index (κ3) is 25.0. The Hall–Kier alpha value is -11.1. The van der Waals surface area contributed by atoms with Gasteiger partial charge in [-0.15, -0.1) is 0 Å². The second-order valence-corrected chi connectivity index (χ2v) is 40.9. The first-order valence-corrected chi connectivity index (χ1v) is 48.4. The fourth-order valence-corrected chi connectivity index (χ4v) is 24.5. The van der Waals surface area contributed by atoms with Gasteiger partial charge in [0.15, 0.2) is 0 Å². The molecule has 18 aromatic carbocycles. The molecule has 0 fully saturated rings. The fourth-order valence-electron chi connectivity index (χ4n) is 14.8. The number of halogens is 1. The van der Waals surface area contributed by atoms with Gasteiger partial charge in [0.2, 0.25) is 0 Å². The third-order valence-corrected chi connectivity index (χ3v) is 32.3. The first kappa shape index (κ1) is 91.6. The Labute approximate surface area is 768 Å². The van der Waals surface area contributed by atoms with Crippen LogP contribution in [0.1, 0.15) is 49.9 Å². The smallest absolute Gasteiger partial charge is 0.331 e. The largest absolute Gasteiger partial charge is 0.427 e. The topological polar surface area (TPSA) is 81.5 Å². The minimum Gasteiger partial charge on any atom is -0.427 e. The molecule has 0 aromatic heterocycles. The Morgan fingerprint density at radius 2 is 0.512 bits per heavy atom. The molecular weight excluding hydrogens is 1750 g/mol. The Morgan fingerprint density at radius 1 is 0.272 bits per heavy atom. The molecule has 0 saturated carbocycles. The fraction of sp³-hybridized carbons (Fsp3) is 0.0877. The van der Waals surface area contributed by atoms with Gasteiger partial charge in [-0.05, 0) is 239 Å². The number of rotatable bonds is 17. The van der Waals surface area contributed by atoms with Crippen molar-refractivity contribution in [1.29, 1.82) is 0 Å². The van der Waals surface area contributed by atoms with Gasteiger partial charge in [0.1, 0.15) is 0 Å². The van der Waals surface area contributed by atoms with E-state index in [4.69, 9.17) is 16.1 Å². The molecular formula is C114H103BBrN2O2P4Pd. The van der Waals surface area contributed by atoms with E-state index in [1.165, 1.54) is 138 Å². The number of hydrogen-bond donors (Lipinski definition) is 3. The molecule has 18 aromatic rings. The summed E-state index contributed by atoms with van der Waals surface area (Å²) in [6.07, 6.45) is 4.74. The number of aliphatic hydroxyl groups is 1. The minimum absolute atomic E-state index is 0. The van der Waals surface area contributed by atoms with Gasteiger partial charge in [-0.2, -0.15) is 0 Å². The van der Waals surface area contributed by atoms with Crippen LogP contribution in [0.4, 0.5) is 11.4 Å². The van der Waals surface area contributed by atoms with Crippen molar-refractivity contribution in [2.75, 3.05) is 11.5 Å². The van der Waals surface area contributed by atoms with Gasteiger partial charge in [0.05, 0.1) is 11.2 Å². The van der Waals surface area contributed by atoms with Gasteiger partial charge in [-0.3, -0.25) is 0 Å². The van der Waals surface area contributed by atoms with E-state index in [1.807, 2.05) is 50.2 Å². The molecule has 11 heteroatoms. The van der Waals surface area contributed by atoms with E-state index >= 15 is 0 Å². The standard InChI is InChI=1S/C18H22BO2.C18H15N.4C18H15P.C6H6BrN.Pd/c1-17(2,20)18(3,4)21-19-16-11-12-9-10-13(12)14-7-5-6-8-15(14)16;19-14-5-3-4-12(10-14)18-11-13-8-9-15(13)16-6-1-2-7-17(16)18;4*1-4-10-16(11-5-1)19(17-12-6-2-7-13-17)18-14-8-3-9-15-18;7-5-2-1-3-6(8)4-5;/h5-8,11,20H,9-10H2,1-4H3;1-7,10-11H,8-9,19H2;4*1-15H;1-4H,8H2;. The van der Waals surface area contributed by atoms with Gasteiger partial charge >= 0.3 is 7.48 Å². The summed E-state index contributed by atoms with van der Waals surface area (Å²) in [5, 5.41) is 32.3. The van der Waals surface area contributed by atoms with Crippen LogP contribution in [0.2, 0.25) is 0 Å². The molecule has 4 nitrogen and oxygen atoms in total. The molecule has 0 saturated heterocycles. The van der Waals surface area contributed by atoms with Gasteiger partial charge in [-0.25, -0.2) is 0 Å². The van der Waals surface area contributed by atoms with Crippen LogP contribution < -0.4 is 80.6 Å². The van der Waals surface area contributed by atoms with E-state index in [1.54, 1.807) is 21.3 Å². The van der Waals surface area contributed by atoms with Gasteiger partial charge in [-0.1, -0.05) is 459 Å². The number of anilines is 2. The van der Waals surface area contributed by atoms with Crippen LogP contribution in [0.3, 0.4) is 0 Å². The van der Waals surface area contributed by atoms with Crippen molar-refractivity contribution in [1.82, 2.24) is 0 Å². The van der Waals surface area contributed by atoms with Crippen molar-refractivity contribution in [3.05, 3.63) is 500 Å². The summed E-state index contributed by atoms with van der Waals surface area (Å²) >= 11 is 3.28. The maximum absolute atomic E-state index is 10.2. The molecule has 1 radical (unpaired) electrons. The van der Waals surface area contributed by atoms with Crippen LogP contribution in [-0.2, 0) is 50.8 Å². The van der Waals surface area contributed by atoms with E-state index in [9.17, 15) is 5.11 Å². The minimum atomic E-state index is -0.904. The maximum atomic E-state index is 10.2. The van der Waals surface area contributed by atoms with E-state index in [2.05, 4.69) is 453 Å². The van der Waals surface area contributed by atoms with Gasteiger partial charge < -0.3 is 21.2 Å². The Balaban J connectivity index is 0.000000126. The summed E-state index contributed by atoms with van der Waals surface area (Å²) < 4.78 is 6.96. The van der Waals surface area contributed by atoms with Gasteiger partial charge in [0, 0.05) is 36.3 Å². The summed E-state index contributed by atoms with van der Waals surface area (Å²) in [4.78, 5) is 0. The van der Waals surface area contributed by atoms with E-state index in [-0.39, 0.29) is 20.4 Å². The number of nitrogens with two attached hydrogens (primary N) is 2. The van der Waals surface area contributed by atoms with Crippen LogP contribution in [-0.4, -0.2) is 23.8 Å². The monoisotopic (exact) mass is 1850 g/mol. The van der Waals surface area contributed by atoms with Crippen LogP contribution >= 0.6 is 47.6 Å². The predicted octanol–water partition coefficient (Wildman–Crippen LogP) is 22.7. The molecule has 0 heterocycles. The summed E-state index contributed by atoms with van der Waals surface area (Å²) in [6, 6.07) is 167. The van der Waals surface area contributed by atoms with Crippen LogP contribution in [0, 0.1) is 0 Å². The molecule has 0 unspecified atom stereocenters. The first-order valence-electron chi connectivity index (χ1n) is 42.2. The summed E-state index contributed by atoms with van der Waals surface area (Å²) in [6.45, 7) is 7.37. The third-order valence-electron chi connectivity index (χ3n) is 22.0. The molecule has 0 aliphatic heterocycles. The Kier molecular flexibility index (Phi) is 33.9. The number of hydrogen-bond acceptors (Lipinski definition) is 4. The normalized spacial score (nSPS) is 11.5. The molecule has 0 spiro atoms. The zero-order chi connectivity index (χ0) is 85.7. The van der Waals surface area contributed by atoms with Crippen molar-refractivity contribution < 1.29 is 30.2 Å². The zero-order valence-electron chi connectivity index (χ0n) is 70.9. The SMILES string of the molecule is CC(C)(O)C(C)(C)O[B]c1cc2c(c3ccccc13)CC2.Nc1cccc(-c2cc3c(c4ccccc24)CC3)c1.Nc1cccc(Br)c1.[Pd].c1ccc(P(c2ccccc2)c2ccccc2)cc1.c1ccc(P(c2ccccc2)c2ccccc2)cc1.c1ccc(P(c2ccccc2)c2ccccc2)cc1.c1ccc(P(c2ccccc2)c2ccccc2)cc1. The van der Waals surface area contributed by atoms with E-state index in [0.717, 1.165) is 27.7 Å². The molecule has 621 valence electrons. The second-order valence-electron chi connectivity index (χ2n) is 31.1. The van der Waals surface area contributed by atoms with Crippen LogP contribution in [0.15, 0.2) is 478 Å². The van der Waals surface area contributed by atoms with Crippen molar-refractivity contribution in [2.45, 2.75) is 64.6 Å². The second kappa shape index (κ2) is 46.2. The predicted molar refractivity (Wildman–Crippen MR) is 549 cm³/mol. The quantitative estimate of drug-likeness (QED) is 0.0482. The average molecular weight is 1850 g/mol. The Bertz CT molecular complexity index is 5420. The average Bonchev–Trinajstić information content (AvgIpc) is 0.754. The first-order chi connectivity index (χ1) is 60.7. The molecule has 125 heavy (non-hydrogen) atoms. The van der Waals surface area contributed by atoms with Crippen LogP contribution in [0.25, 0.3) is 32.7 Å². The summed E-state index contributed by atoms with van der Waals surface area (Å²) in [5.74, 6) is 0. The maximum Gasteiger partial charge on any atom is 0.331 e. The molecule has 2 aliphatic rings. The van der Waals surface area contributed by atoms with E-state index in [0.29, 0.717) is 0 Å². The van der Waals surface area contributed by atoms with Crippen LogP contribution in [0.5, 0.6) is 0 Å². The van der Waals surface area contributed by atoms with Gasteiger partial charge in [0.25, 0.3) is 0 Å². The zero-order valence-corrected chi connectivity index (χ0v) is 77.7. The Morgan fingerprint density at radius 3 is 0.752 bits per heavy atom. The van der Waals surface area contributed by atoms with E-state index < -0.39 is 42.9 Å². The number of fused-ring (bicyclic) bond motifs is 6. The van der Waals surface area contributed by atoms with Crippen molar-refractivity contribution in [3.8, 4) is 11.1 Å². The number of nitrogen functional groups attached to an aromatic ring is 2. The number of aryl methyl sites for hydroxylation is 4.